The zero-order valence-electron chi connectivity index (χ0n) is 8.34. The summed E-state index contributed by atoms with van der Waals surface area (Å²) in [5, 5.41) is 7.75. The van der Waals surface area contributed by atoms with Gasteiger partial charge in [-0.3, -0.25) is 0 Å². The predicted octanol–water partition coefficient (Wildman–Crippen LogP) is 2.84. The number of hydrogen-bond acceptors (Lipinski definition) is 2. The van der Waals surface area contributed by atoms with Crippen LogP contribution in [0.3, 0.4) is 0 Å². The van der Waals surface area contributed by atoms with Crippen molar-refractivity contribution < 1.29 is 0 Å². The Morgan fingerprint density at radius 2 is 2.46 bits per heavy atom. The van der Waals surface area contributed by atoms with E-state index in [9.17, 15) is 0 Å². The zero-order valence-corrected chi connectivity index (χ0v) is 9.16. The Balaban J connectivity index is 2.52. The first kappa shape index (κ1) is 10.5. The number of likely N-dealkylation sites (N-methyl/N-ethyl adjacent to an activating group) is 1. The molecule has 1 nitrogen and oxygen atoms in total. The maximum atomic E-state index is 4.00. The quantitative estimate of drug-likeness (QED) is 0.712. The summed E-state index contributed by atoms with van der Waals surface area (Å²) in [6.45, 7) is 9.21. The summed E-state index contributed by atoms with van der Waals surface area (Å²) in [7, 11) is 0. The predicted molar refractivity (Wildman–Crippen MR) is 60.3 cm³/mol. The minimum absolute atomic E-state index is 0.430. The monoisotopic (exact) mass is 195 g/mol. The highest BCUT2D eigenvalue weighted by atomic mass is 32.1. The smallest absolute Gasteiger partial charge is 0.0314 e. The van der Waals surface area contributed by atoms with Crippen LogP contribution in [0, 0.1) is 0 Å². The lowest BCUT2D eigenvalue weighted by atomic mass is 10.0. The van der Waals surface area contributed by atoms with E-state index in [-0.39, 0.29) is 0 Å². The molecule has 1 rings (SSSR count). The van der Waals surface area contributed by atoms with Gasteiger partial charge in [0.1, 0.15) is 0 Å². The van der Waals surface area contributed by atoms with E-state index in [0.717, 1.165) is 13.0 Å². The van der Waals surface area contributed by atoms with Gasteiger partial charge in [0, 0.05) is 6.04 Å². The summed E-state index contributed by atoms with van der Waals surface area (Å²) >= 11 is 1.75. The van der Waals surface area contributed by atoms with Crippen molar-refractivity contribution >= 4 is 11.3 Å². The molecule has 1 unspecified atom stereocenters. The number of rotatable bonds is 5. The third-order valence-corrected chi connectivity index (χ3v) is 2.80. The van der Waals surface area contributed by atoms with E-state index < -0.39 is 0 Å². The number of nitrogens with one attached hydrogen (secondary N) is 1. The molecule has 1 aromatic rings. The molecular weight excluding hydrogens is 178 g/mol. The molecule has 0 aliphatic heterocycles. The SMILES string of the molecule is C=C(C)C(Cc1ccsc1)NCC. The van der Waals surface area contributed by atoms with Crippen LogP contribution in [0.5, 0.6) is 0 Å². The molecule has 0 radical (unpaired) electrons. The van der Waals surface area contributed by atoms with E-state index in [0.29, 0.717) is 6.04 Å². The van der Waals surface area contributed by atoms with Crippen LogP contribution in [0.15, 0.2) is 29.0 Å². The molecule has 1 heterocycles. The molecule has 1 atom stereocenters. The first-order chi connectivity index (χ1) is 6.24. The maximum absolute atomic E-state index is 4.00. The second kappa shape index (κ2) is 5.20. The van der Waals surface area contributed by atoms with Crippen LogP contribution >= 0.6 is 11.3 Å². The van der Waals surface area contributed by atoms with Gasteiger partial charge in [-0.25, -0.2) is 0 Å². The van der Waals surface area contributed by atoms with Gasteiger partial charge < -0.3 is 5.32 Å². The van der Waals surface area contributed by atoms with Crippen LogP contribution in [0.1, 0.15) is 19.4 Å². The third-order valence-electron chi connectivity index (χ3n) is 2.07. The molecule has 0 aromatic carbocycles. The van der Waals surface area contributed by atoms with Crippen molar-refractivity contribution in [3.63, 3.8) is 0 Å². The van der Waals surface area contributed by atoms with E-state index in [1.807, 2.05) is 0 Å². The third kappa shape index (κ3) is 3.33. The van der Waals surface area contributed by atoms with Gasteiger partial charge in [-0.05, 0) is 42.3 Å². The topological polar surface area (TPSA) is 12.0 Å². The average molecular weight is 195 g/mol. The van der Waals surface area contributed by atoms with E-state index in [1.54, 1.807) is 11.3 Å². The Bertz CT molecular complexity index is 251. The summed E-state index contributed by atoms with van der Waals surface area (Å²) in [4.78, 5) is 0. The van der Waals surface area contributed by atoms with Crippen molar-refractivity contribution in [3.8, 4) is 0 Å². The molecule has 0 bridgehead atoms. The summed E-state index contributed by atoms with van der Waals surface area (Å²) in [5.74, 6) is 0. The van der Waals surface area contributed by atoms with Crippen molar-refractivity contribution in [2.24, 2.45) is 0 Å². The summed E-state index contributed by atoms with van der Waals surface area (Å²) < 4.78 is 0. The van der Waals surface area contributed by atoms with Crippen LogP contribution in [0.2, 0.25) is 0 Å². The van der Waals surface area contributed by atoms with Gasteiger partial charge in [0.2, 0.25) is 0 Å². The summed E-state index contributed by atoms with van der Waals surface area (Å²) in [5.41, 5.74) is 2.62. The Morgan fingerprint density at radius 3 is 2.92 bits per heavy atom. The zero-order chi connectivity index (χ0) is 9.68. The second-order valence-corrected chi connectivity index (χ2v) is 4.07. The van der Waals surface area contributed by atoms with Crippen LogP contribution < -0.4 is 5.32 Å². The molecule has 0 fully saturated rings. The largest absolute Gasteiger partial charge is 0.310 e. The van der Waals surface area contributed by atoms with Gasteiger partial charge >= 0.3 is 0 Å². The highest BCUT2D eigenvalue weighted by Gasteiger charge is 2.08. The van der Waals surface area contributed by atoms with E-state index in [2.05, 4.69) is 42.6 Å². The number of hydrogen-bond donors (Lipinski definition) is 1. The summed E-state index contributed by atoms with van der Waals surface area (Å²) in [6.07, 6.45) is 1.06. The highest BCUT2D eigenvalue weighted by Crippen LogP contribution is 2.11. The van der Waals surface area contributed by atoms with Gasteiger partial charge in [0.25, 0.3) is 0 Å². The molecular formula is C11H17NS. The van der Waals surface area contributed by atoms with Crippen molar-refractivity contribution in [2.75, 3.05) is 6.54 Å². The van der Waals surface area contributed by atoms with Gasteiger partial charge in [-0.1, -0.05) is 19.1 Å². The van der Waals surface area contributed by atoms with Crippen molar-refractivity contribution in [2.45, 2.75) is 26.3 Å². The van der Waals surface area contributed by atoms with Gasteiger partial charge in [0.15, 0.2) is 0 Å². The van der Waals surface area contributed by atoms with Crippen LogP contribution in [0.4, 0.5) is 0 Å². The molecule has 0 spiro atoms. The highest BCUT2D eigenvalue weighted by molar-refractivity contribution is 7.07. The molecule has 13 heavy (non-hydrogen) atoms. The first-order valence-electron chi connectivity index (χ1n) is 4.64. The minimum atomic E-state index is 0.430. The second-order valence-electron chi connectivity index (χ2n) is 3.29. The Hall–Kier alpha value is -0.600. The fourth-order valence-corrected chi connectivity index (χ4v) is 1.99. The molecule has 0 amide bonds. The molecule has 2 heteroatoms. The van der Waals surface area contributed by atoms with Crippen LogP contribution in [-0.2, 0) is 6.42 Å². The van der Waals surface area contributed by atoms with Crippen LogP contribution in [0.25, 0.3) is 0 Å². The van der Waals surface area contributed by atoms with Crippen molar-refractivity contribution in [1.29, 1.82) is 0 Å². The standard InChI is InChI=1S/C11H17NS/c1-4-12-11(9(2)3)7-10-5-6-13-8-10/h5-6,8,11-12H,2,4,7H2,1,3H3. The van der Waals surface area contributed by atoms with Gasteiger partial charge in [-0.15, -0.1) is 0 Å². The Labute approximate surface area is 84.5 Å². The fraction of sp³-hybridized carbons (Fsp3) is 0.455. The average Bonchev–Trinajstić information content (AvgIpc) is 2.56. The first-order valence-corrected chi connectivity index (χ1v) is 5.58. The lowest BCUT2D eigenvalue weighted by Gasteiger charge is -2.16. The molecule has 0 saturated carbocycles. The molecule has 72 valence electrons. The molecule has 1 N–H and O–H groups in total. The van der Waals surface area contributed by atoms with Gasteiger partial charge in [0.05, 0.1) is 0 Å². The number of thiophene rings is 1. The van der Waals surface area contributed by atoms with E-state index in [1.165, 1.54) is 11.1 Å². The lowest BCUT2D eigenvalue weighted by molar-refractivity contribution is 0.588. The molecule has 0 aliphatic carbocycles. The minimum Gasteiger partial charge on any atom is -0.310 e. The molecule has 0 saturated heterocycles. The molecule has 0 aliphatic rings. The lowest BCUT2D eigenvalue weighted by Crippen LogP contribution is -2.31. The normalized spacial score (nSPS) is 12.8. The van der Waals surface area contributed by atoms with E-state index in [4.69, 9.17) is 0 Å². The van der Waals surface area contributed by atoms with Crippen molar-refractivity contribution in [1.82, 2.24) is 5.32 Å². The maximum Gasteiger partial charge on any atom is 0.0314 e. The van der Waals surface area contributed by atoms with E-state index >= 15 is 0 Å². The Morgan fingerprint density at radius 1 is 1.69 bits per heavy atom. The van der Waals surface area contributed by atoms with Crippen LogP contribution in [-0.4, -0.2) is 12.6 Å². The van der Waals surface area contributed by atoms with Gasteiger partial charge in [-0.2, -0.15) is 11.3 Å². The Kier molecular flexibility index (Phi) is 4.19. The van der Waals surface area contributed by atoms with Crippen molar-refractivity contribution in [3.05, 3.63) is 34.5 Å². The fourth-order valence-electron chi connectivity index (χ4n) is 1.31. The molecule has 1 aromatic heterocycles. The summed E-state index contributed by atoms with van der Waals surface area (Å²) in [6, 6.07) is 2.61.